The van der Waals surface area contributed by atoms with Crippen molar-refractivity contribution < 1.29 is 4.84 Å². The van der Waals surface area contributed by atoms with E-state index in [-0.39, 0.29) is 6.10 Å². The Morgan fingerprint density at radius 1 is 1.86 bits per heavy atom. The molecule has 0 aliphatic carbocycles. The highest BCUT2D eigenvalue weighted by Gasteiger charge is 1.94. The second-order valence-corrected chi connectivity index (χ2v) is 1.91. The van der Waals surface area contributed by atoms with Gasteiger partial charge in [0.2, 0.25) is 0 Å². The second kappa shape index (κ2) is 4.43. The molecule has 2 N–H and O–H groups in total. The van der Waals surface area contributed by atoms with E-state index in [2.05, 4.69) is 17.5 Å². The molecule has 0 amide bonds. The van der Waals surface area contributed by atoms with Crippen LogP contribution in [0.2, 0.25) is 0 Å². The normalized spacial score (nSPS) is 14.1. The van der Waals surface area contributed by atoms with Crippen LogP contribution in [0.3, 0.4) is 0 Å². The summed E-state index contributed by atoms with van der Waals surface area (Å²) in [5, 5.41) is 0. The third kappa shape index (κ3) is 4.12. The molecular weight excluding hydrogens is 110 g/mol. The first-order valence-corrected chi connectivity index (χ1v) is 2.91. The highest BCUT2D eigenvalue weighted by Crippen LogP contribution is 1.93. The van der Waals surface area contributed by atoms with Gasteiger partial charge in [-0.1, -0.05) is 0 Å². The summed E-state index contributed by atoms with van der Waals surface area (Å²) in [6, 6.07) is 0. The lowest BCUT2D eigenvalue weighted by atomic mass is 10.3. The van der Waals surface area contributed by atoms with E-state index in [1.807, 2.05) is 6.92 Å². The van der Waals surface area contributed by atoms with Crippen molar-refractivity contribution in [3.63, 3.8) is 0 Å². The highest BCUT2D eigenvalue weighted by atomic mass is 32.1. The van der Waals surface area contributed by atoms with Crippen LogP contribution in [0, 0.1) is 0 Å². The summed E-state index contributed by atoms with van der Waals surface area (Å²) in [6.07, 6.45) is 1.07. The van der Waals surface area contributed by atoms with E-state index in [1.165, 1.54) is 0 Å². The predicted molar refractivity (Wildman–Crippen MR) is 33.2 cm³/mol. The molecule has 0 aromatic rings. The predicted octanol–water partition coefficient (Wildman–Crippen LogP) is 0.585. The summed E-state index contributed by atoms with van der Waals surface area (Å²) in [6.45, 7) is 1.91. The largest absolute Gasteiger partial charge is 0.302 e. The average Bonchev–Trinajstić information content (AvgIpc) is 1.68. The minimum Gasteiger partial charge on any atom is -0.302 e. The summed E-state index contributed by atoms with van der Waals surface area (Å²) in [4.78, 5) is 4.44. The van der Waals surface area contributed by atoms with Gasteiger partial charge in [0.1, 0.15) is 0 Å². The van der Waals surface area contributed by atoms with Gasteiger partial charge in [0.05, 0.1) is 6.10 Å². The molecule has 0 radical (unpaired) electrons. The molecule has 0 saturated carbocycles. The van der Waals surface area contributed by atoms with Crippen LogP contribution in [0.25, 0.3) is 0 Å². The molecule has 2 nitrogen and oxygen atoms in total. The Kier molecular flexibility index (Phi) is 4.60. The van der Waals surface area contributed by atoms with Crippen molar-refractivity contribution in [3.05, 3.63) is 0 Å². The minimum absolute atomic E-state index is 0.150. The molecule has 0 heterocycles. The van der Waals surface area contributed by atoms with Crippen molar-refractivity contribution in [2.75, 3.05) is 5.75 Å². The van der Waals surface area contributed by atoms with Gasteiger partial charge < -0.3 is 4.84 Å². The number of nitrogens with two attached hydrogens (primary N) is 1. The van der Waals surface area contributed by atoms with Crippen LogP contribution in [-0.4, -0.2) is 11.9 Å². The van der Waals surface area contributed by atoms with Crippen molar-refractivity contribution in [1.29, 1.82) is 0 Å². The van der Waals surface area contributed by atoms with Gasteiger partial charge in [-0.3, -0.25) is 0 Å². The fourth-order valence-electron chi connectivity index (χ4n) is 0.250. The Labute approximate surface area is 49.4 Å². The molecule has 1 atom stereocenters. The maximum Gasteiger partial charge on any atom is 0.0767 e. The van der Waals surface area contributed by atoms with Crippen molar-refractivity contribution in [2.24, 2.45) is 5.90 Å². The van der Waals surface area contributed by atoms with Crippen LogP contribution in [-0.2, 0) is 4.84 Å². The lowest BCUT2D eigenvalue weighted by molar-refractivity contribution is 0.0651. The molecule has 0 spiro atoms. The van der Waals surface area contributed by atoms with Gasteiger partial charge >= 0.3 is 0 Å². The lowest BCUT2D eigenvalue weighted by Gasteiger charge is -2.03. The monoisotopic (exact) mass is 121 g/mol. The molecule has 0 aliphatic heterocycles. The molecule has 7 heavy (non-hydrogen) atoms. The standard InChI is InChI=1S/C4H11NOS/c1-4(6-5)2-3-7/h4,7H,2-3,5H2,1H3. The van der Waals surface area contributed by atoms with E-state index in [1.54, 1.807) is 0 Å². The molecule has 0 fully saturated rings. The van der Waals surface area contributed by atoms with Gasteiger partial charge in [0, 0.05) is 0 Å². The van der Waals surface area contributed by atoms with E-state index in [0.29, 0.717) is 0 Å². The Hall–Kier alpha value is 0.270. The molecule has 44 valence electrons. The summed E-state index contributed by atoms with van der Waals surface area (Å²) in [7, 11) is 0. The van der Waals surface area contributed by atoms with Crippen LogP contribution in [0.15, 0.2) is 0 Å². The zero-order valence-corrected chi connectivity index (χ0v) is 5.32. The van der Waals surface area contributed by atoms with Crippen molar-refractivity contribution in [3.8, 4) is 0 Å². The molecule has 0 rings (SSSR count). The van der Waals surface area contributed by atoms with E-state index >= 15 is 0 Å². The van der Waals surface area contributed by atoms with Gasteiger partial charge in [0.25, 0.3) is 0 Å². The Bertz CT molecular complexity index is 42.7. The third-order valence-electron chi connectivity index (χ3n) is 0.768. The van der Waals surface area contributed by atoms with Gasteiger partial charge in [-0.2, -0.15) is 12.6 Å². The molecule has 0 aromatic carbocycles. The summed E-state index contributed by atoms with van der Waals surface area (Å²) >= 11 is 3.98. The molecule has 0 saturated heterocycles. The number of thiol groups is 1. The zero-order chi connectivity index (χ0) is 5.70. The fraction of sp³-hybridized carbons (Fsp3) is 1.00. The molecule has 0 aromatic heterocycles. The third-order valence-corrected chi connectivity index (χ3v) is 1.03. The van der Waals surface area contributed by atoms with Crippen LogP contribution >= 0.6 is 12.6 Å². The van der Waals surface area contributed by atoms with E-state index in [9.17, 15) is 0 Å². The smallest absolute Gasteiger partial charge is 0.0767 e. The average molecular weight is 121 g/mol. The fourth-order valence-corrected chi connectivity index (χ4v) is 0.613. The van der Waals surface area contributed by atoms with Crippen LogP contribution in [0.1, 0.15) is 13.3 Å². The van der Waals surface area contributed by atoms with Crippen LogP contribution < -0.4 is 5.90 Å². The van der Waals surface area contributed by atoms with Gasteiger partial charge in [-0.15, -0.1) is 0 Å². The van der Waals surface area contributed by atoms with Crippen LogP contribution in [0.4, 0.5) is 0 Å². The zero-order valence-electron chi connectivity index (χ0n) is 4.42. The molecular formula is C4H11NOS. The van der Waals surface area contributed by atoms with Crippen molar-refractivity contribution >= 4 is 12.6 Å². The first kappa shape index (κ1) is 7.27. The lowest BCUT2D eigenvalue weighted by Crippen LogP contribution is -2.12. The van der Waals surface area contributed by atoms with Crippen LogP contribution in [0.5, 0.6) is 0 Å². The molecule has 0 aliphatic rings. The van der Waals surface area contributed by atoms with Crippen molar-refractivity contribution in [2.45, 2.75) is 19.4 Å². The number of rotatable bonds is 3. The van der Waals surface area contributed by atoms with Gasteiger partial charge in [0.15, 0.2) is 0 Å². The summed E-state index contributed by atoms with van der Waals surface area (Å²) in [5.74, 6) is 5.66. The Balaban J connectivity index is 2.83. The topological polar surface area (TPSA) is 35.2 Å². The SMILES string of the molecule is CC(CCS)ON. The maximum absolute atomic E-state index is 4.82. The quantitative estimate of drug-likeness (QED) is 0.423. The van der Waals surface area contributed by atoms with Crippen molar-refractivity contribution in [1.82, 2.24) is 0 Å². The summed E-state index contributed by atoms with van der Waals surface area (Å²) in [5.41, 5.74) is 0. The Morgan fingerprint density at radius 3 is 2.57 bits per heavy atom. The molecule has 3 heteroatoms. The maximum atomic E-state index is 4.82. The summed E-state index contributed by atoms with van der Waals surface area (Å²) < 4.78 is 0. The first-order chi connectivity index (χ1) is 3.31. The van der Waals surface area contributed by atoms with E-state index in [0.717, 1.165) is 12.2 Å². The Morgan fingerprint density at radius 2 is 2.43 bits per heavy atom. The second-order valence-electron chi connectivity index (χ2n) is 1.46. The highest BCUT2D eigenvalue weighted by molar-refractivity contribution is 7.80. The van der Waals surface area contributed by atoms with Gasteiger partial charge in [-0.25, -0.2) is 5.90 Å². The molecule has 1 unspecified atom stereocenters. The van der Waals surface area contributed by atoms with E-state index < -0.39 is 0 Å². The molecule has 0 bridgehead atoms. The number of hydrogen-bond acceptors (Lipinski definition) is 3. The van der Waals surface area contributed by atoms with Gasteiger partial charge in [-0.05, 0) is 19.1 Å². The van der Waals surface area contributed by atoms with E-state index in [4.69, 9.17) is 5.90 Å². The first-order valence-electron chi connectivity index (χ1n) is 2.27. The minimum atomic E-state index is 0.150. The number of hydrogen-bond donors (Lipinski definition) is 2.